The molecular weight excluding hydrogens is 464 g/mol. The Kier molecular flexibility index (Phi) is 9.83. The Bertz CT molecular complexity index is 1230. The van der Waals surface area contributed by atoms with Crippen LogP contribution >= 0.6 is 0 Å². The van der Waals surface area contributed by atoms with Gasteiger partial charge in [-0.1, -0.05) is 72.8 Å². The third kappa shape index (κ3) is 8.61. The molecule has 4 aromatic rings. The van der Waals surface area contributed by atoms with Crippen LogP contribution < -0.4 is 24.8 Å². The lowest BCUT2D eigenvalue weighted by molar-refractivity contribution is -0.114. The molecule has 0 fully saturated rings. The quantitative estimate of drug-likeness (QED) is 0.203. The summed E-state index contributed by atoms with van der Waals surface area (Å²) in [6.45, 7) is 1.44. The first kappa shape index (κ1) is 25.6. The number of ether oxygens (including phenoxy) is 3. The molecule has 4 rings (SSSR count). The average Bonchev–Trinajstić information content (AvgIpc) is 2.95. The van der Waals surface area contributed by atoms with Crippen molar-refractivity contribution in [2.75, 3.05) is 37.0 Å². The molecular formula is C31H32N2O4. The zero-order valence-corrected chi connectivity index (χ0v) is 20.8. The number of anilines is 2. The van der Waals surface area contributed by atoms with Crippen LogP contribution in [-0.2, 0) is 11.2 Å². The minimum Gasteiger partial charge on any atom is -0.491 e. The zero-order valence-electron chi connectivity index (χ0n) is 20.8. The van der Waals surface area contributed by atoms with E-state index in [0.717, 1.165) is 30.0 Å². The molecule has 0 bridgehead atoms. The van der Waals surface area contributed by atoms with E-state index in [0.29, 0.717) is 31.3 Å². The van der Waals surface area contributed by atoms with Crippen molar-refractivity contribution < 1.29 is 19.0 Å². The van der Waals surface area contributed by atoms with Crippen molar-refractivity contribution in [3.8, 4) is 17.2 Å². The molecule has 4 aromatic carbocycles. The second kappa shape index (κ2) is 14.2. The van der Waals surface area contributed by atoms with Crippen LogP contribution in [0.1, 0.15) is 12.0 Å². The third-order valence-electron chi connectivity index (χ3n) is 5.55. The second-order valence-electron chi connectivity index (χ2n) is 8.34. The Hall–Kier alpha value is -4.45. The van der Waals surface area contributed by atoms with Gasteiger partial charge in [0.1, 0.15) is 30.5 Å². The molecule has 1 amide bonds. The van der Waals surface area contributed by atoms with E-state index in [2.05, 4.69) is 22.8 Å². The van der Waals surface area contributed by atoms with Crippen molar-refractivity contribution in [1.82, 2.24) is 0 Å². The molecule has 0 saturated heterocycles. The number of hydrogen-bond donors (Lipinski definition) is 2. The van der Waals surface area contributed by atoms with Crippen LogP contribution in [0.3, 0.4) is 0 Å². The summed E-state index contributed by atoms with van der Waals surface area (Å²) >= 11 is 0. The van der Waals surface area contributed by atoms with Gasteiger partial charge in [0, 0.05) is 0 Å². The topological polar surface area (TPSA) is 68.8 Å². The molecule has 37 heavy (non-hydrogen) atoms. The van der Waals surface area contributed by atoms with Crippen LogP contribution in [0.4, 0.5) is 11.4 Å². The minimum absolute atomic E-state index is 0.0931. The molecule has 6 nitrogen and oxygen atoms in total. The number of carbonyl (C=O) groups is 1. The van der Waals surface area contributed by atoms with Gasteiger partial charge in [-0.15, -0.1) is 0 Å². The fourth-order valence-electron chi connectivity index (χ4n) is 3.74. The van der Waals surface area contributed by atoms with Gasteiger partial charge in [-0.25, -0.2) is 0 Å². The maximum absolute atomic E-state index is 12.7. The fourth-order valence-corrected chi connectivity index (χ4v) is 3.74. The highest BCUT2D eigenvalue weighted by Gasteiger charge is 2.10. The SMILES string of the molecule is O=C(CNc1ccccc1OCCCc1ccccc1)Nc1ccccc1OCCOc1ccccc1. The van der Waals surface area contributed by atoms with Crippen LogP contribution in [-0.4, -0.2) is 32.3 Å². The number of para-hydroxylation sites is 5. The standard InChI is InChI=1S/C31H32N2O4/c34-31(33-28-18-8-10-20-30(28)37-23-22-35-26-15-5-2-6-16-26)24-32-27-17-7-9-19-29(27)36-21-11-14-25-12-3-1-4-13-25/h1-10,12-13,15-20,32H,11,14,21-24H2,(H,33,34). The van der Waals surface area contributed by atoms with Crippen molar-refractivity contribution in [3.63, 3.8) is 0 Å². The van der Waals surface area contributed by atoms with Gasteiger partial charge in [-0.05, 0) is 54.8 Å². The number of nitrogens with one attached hydrogen (secondary N) is 2. The van der Waals surface area contributed by atoms with Crippen LogP contribution in [0.5, 0.6) is 17.2 Å². The monoisotopic (exact) mass is 496 g/mol. The Morgan fingerprint density at radius 1 is 0.595 bits per heavy atom. The predicted octanol–water partition coefficient (Wildman–Crippen LogP) is 6.21. The number of carbonyl (C=O) groups excluding carboxylic acids is 1. The van der Waals surface area contributed by atoms with Gasteiger partial charge in [-0.3, -0.25) is 4.79 Å². The summed E-state index contributed by atoms with van der Waals surface area (Å²) in [7, 11) is 0. The van der Waals surface area contributed by atoms with Crippen LogP contribution in [0, 0.1) is 0 Å². The summed E-state index contributed by atoms with van der Waals surface area (Å²) in [5.74, 6) is 1.93. The molecule has 0 unspecified atom stereocenters. The van der Waals surface area contributed by atoms with Crippen molar-refractivity contribution in [1.29, 1.82) is 0 Å². The highest BCUT2D eigenvalue weighted by atomic mass is 16.5. The average molecular weight is 497 g/mol. The van der Waals surface area contributed by atoms with Gasteiger partial charge < -0.3 is 24.8 Å². The maximum Gasteiger partial charge on any atom is 0.243 e. The van der Waals surface area contributed by atoms with Crippen molar-refractivity contribution in [2.24, 2.45) is 0 Å². The first-order valence-corrected chi connectivity index (χ1v) is 12.5. The van der Waals surface area contributed by atoms with E-state index in [4.69, 9.17) is 14.2 Å². The lowest BCUT2D eigenvalue weighted by atomic mass is 10.1. The Balaban J connectivity index is 1.22. The van der Waals surface area contributed by atoms with E-state index in [1.807, 2.05) is 97.1 Å². The van der Waals surface area contributed by atoms with Crippen LogP contribution in [0.15, 0.2) is 109 Å². The Morgan fingerprint density at radius 3 is 1.92 bits per heavy atom. The number of benzene rings is 4. The van der Waals surface area contributed by atoms with Crippen LogP contribution in [0.25, 0.3) is 0 Å². The minimum atomic E-state index is -0.185. The van der Waals surface area contributed by atoms with E-state index >= 15 is 0 Å². The van der Waals surface area contributed by atoms with E-state index in [1.165, 1.54) is 5.56 Å². The van der Waals surface area contributed by atoms with E-state index in [-0.39, 0.29) is 12.5 Å². The number of amides is 1. The van der Waals surface area contributed by atoms with Crippen molar-refractivity contribution >= 4 is 17.3 Å². The number of hydrogen-bond acceptors (Lipinski definition) is 5. The lowest BCUT2D eigenvalue weighted by Crippen LogP contribution is -2.22. The van der Waals surface area contributed by atoms with Crippen molar-refractivity contribution in [2.45, 2.75) is 12.8 Å². The van der Waals surface area contributed by atoms with E-state index in [1.54, 1.807) is 0 Å². The molecule has 0 aliphatic heterocycles. The summed E-state index contributed by atoms with van der Waals surface area (Å²) in [6.07, 6.45) is 1.87. The summed E-state index contributed by atoms with van der Waals surface area (Å²) < 4.78 is 17.5. The summed E-state index contributed by atoms with van der Waals surface area (Å²) in [5, 5.41) is 6.11. The van der Waals surface area contributed by atoms with Crippen LogP contribution in [0.2, 0.25) is 0 Å². The summed E-state index contributed by atoms with van der Waals surface area (Å²) in [4.78, 5) is 12.7. The first-order valence-electron chi connectivity index (χ1n) is 12.5. The zero-order chi connectivity index (χ0) is 25.5. The van der Waals surface area contributed by atoms with Gasteiger partial charge in [-0.2, -0.15) is 0 Å². The molecule has 6 heteroatoms. The number of rotatable bonds is 14. The molecule has 0 saturated carbocycles. The normalized spacial score (nSPS) is 10.4. The predicted molar refractivity (Wildman–Crippen MR) is 148 cm³/mol. The Labute approximate surface area is 218 Å². The molecule has 190 valence electrons. The molecule has 0 aliphatic rings. The van der Waals surface area contributed by atoms with Crippen molar-refractivity contribution in [3.05, 3.63) is 115 Å². The fraction of sp³-hybridized carbons (Fsp3) is 0.194. The smallest absolute Gasteiger partial charge is 0.243 e. The van der Waals surface area contributed by atoms with Gasteiger partial charge in [0.15, 0.2) is 0 Å². The Morgan fingerprint density at radius 2 is 1.16 bits per heavy atom. The lowest BCUT2D eigenvalue weighted by Gasteiger charge is -2.15. The summed E-state index contributed by atoms with van der Waals surface area (Å²) in [6, 6.07) is 34.9. The number of aryl methyl sites for hydroxylation is 1. The van der Waals surface area contributed by atoms with E-state index in [9.17, 15) is 4.79 Å². The molecule has 0 aliphatic carbocycles. The largest absolute Gasteiger partial charge is 0.491 e. The molecule has 0 atom stereocenters. The highest BCUT2D eigenvalue weighted by molar-refractivity contribution is 5.95. The third-order valence-corrected chi connectivity index (χ3v) is 5.55. The highest BCUT2D eigenvalue weighted by Crippen LogP contribution is 2.25. The van der Waals surface area contributed by atoms with E-state index < -0.39 is 0 Å². The molecule has 2 N–H and O–H groups in total. The van der Waals surface area contributed by atoms with Gasteiger partial charge >= 0.3 is 0 Å². The van der Waals surface area contributed by atoms with Gasteiger partial charge in [0.25, 0.3) is 0 Å². The van der Waals surface area contributed by atoms with Gasteiger partial charge in [0.2, 0.25) is 5.91 Å². The molecule has 0 aromatic heterocycles. The molecule has 0 radical (unpaired) electrons. The molecule has 0 heterocycles. The first-order chi connectivity index (χ1) is 18.3. The van der Waals surface area contributed by atoms with Gasteiger partial charge in [0.05, 0.1) is 24.5 Å². The summed E-state index contributed by atoms with van der Waals surface area (Å²) in [5.41, 5.74) is 2.68. The molecule has 0 spiro atoms. The maximum atomic E-state index is 12.7. The second-order valence-corrected chi connectivity index (χ2v) is 8.34.